The molecule has 44 heavy (non-hydrogen) atoms. The lowest BCUT2D eigenvalue weighted by Crippen LogP contribution is -3.01. The highest BCUT2D eigenvalue weighted by Gasteiger charge is 3.05. The third-order valence-electron chi connectivity index (χ3n) is 17.5. The Morgan fingerprint density at radius 1 is 0.409 bits per heavy atom. The van der Waals surface area contributed by atoms with Crippen molar-refractivity contribution >= 4 is 63.6 Å². The van der Waals surface area contributed by atoms with Crippen LogP contribution in [0.3, 0.4) is 0 Å². The molecule has 2 aliphatic carbocycles. The maximum Gasteiger partial charge on any atom is 0.0788 e. The summed E-state index contributed by atoms with van der Waals surface area (Å²) in [4.78, 5) is 0. The molecule has 9 heteroatoms. The van der Waals surface area contributed by atoms with E-state index in [-0.39, 0.29) is 16.6 Å². The van der Waals surface area contributed by atoms with E-state index < -0.39 is 63.6 Å². The molecule has 2 spiro atoms. The van der Waals surface area contributed by atoms with Crippen molar-refractivity contribution in [2.24, 2.45) is 5.41 Å². The van der Waals surface area contributed by atoms with Gasteiger partial charge >= 0.3 is 0 Å². The molecule has 0 radical (unpaired) electrons. The first-order chi connectivity index (χ1) is 18.9. The minimum Gasteiger partial charge on any atom is -0.368 e. The Hall–Kier alpha value is 1.70. The first-order valence-electron chi connectivity index (χ1n) is 18.6. The van der Waals surface area contributed by atoms with Gasteiger partial charge in [-0.2, -0.15) is 0 Å². The van der Waals surface area contributed by atoms with E-state index in [9.17, 15) is 0 Å². The van der Waals surface area contributed by atoms with Crippen LogP contribution >= 0.6 is 0 Å². The van der Waals surface area contributed by atoms with Gasteiger partial charge in [-0.05, 0) is 45.3 Å². The molecular formula is C35H80OSi8. The Kier molecular flexibility index (Phi) is 7.99. The largest absolute Gasteiger partial charge is 0.368 e. The second-order valence-corrected chi connectivity index (χ2v) is 74.2. The van der Waals surface area contributed by atoms with Crippen LogP contribution < -0.4 is 0 Å². The summed E-state index contributed by atoms with van der Waals surface area (Å²) in [7, 11) is -14.3. The van der Waals surface area contributed by atoms with Gasteiger partial charge in [0.05, 0.1) is 35.4 Å². The lowest BCUT2D eigenvalue weighted by molar-refractivity contribution is -0.387. The number of hydrogen-bond donors (Lipinski definition) is 0. The molecule has 4 atom stereocenters. The molecule has 0 aromatic heterocycles. The predicted octanol–water partition coefficient (Wildman–Crippen LogP) is 12.8. The summed E-state index contributed by atoms with van der Waals surface area (Å²) < 4.78 is 10.4. The Morgan fingerprint density at radius 2 is 0.705 bits per heavy atom. The van der Waals surface area contributed by atoms with Crippen LogP contribution in [0.1, 0.15) is 39.5 Å². The Labute approximate surface area is 285 Å². The molecule has 4 fully saturated rings. The predicted molar refractivity (Wildman–Crippen MR) is 225 cm³/mol. The summed E-state index contributed by atoms with van der Waals surface area (Å²) >= 11 is 0. The summed E-state index contributed by atoms with van der Waals surface area (Å²) in [5, 5.41) is 0. The van der Waals surface area contributed by atoms with Crippen LogP contribution in [0.4, 0.5) is 0 Å². The van der Waals surface area contributed by atoms with E-state index in [0.717, 1.165) is 0 Å². The lowest BCUT2D eigenvalue weighted by Gasteiger charge is -2.95. The van der Waals surface area contributed by atoms with Gasteiger partial charge in [0.2, 0.25) is 0 Å². The van der Waals surface area contributed by atoms with Crippen molar-refractivity contribution in [3.05, 3.63) is 0 Å². The molecule has 258 valence electrons. The molecule has 0 N–H and O–H groups in total. The van der Waals surface area contributed by atoms with Gasteiger partial charge in [0.25, 0.3) is 0 Å². The molecular weight excluding hydrogens is 661 g/mol. The Balaban J connectivity index is 2.60. The second-order valence-electron chi connectivity index (χ2n) is 24.4. The van der Waals surface area contributed by atoms with E-state index in [1.807, 2.05) is 0 Å². The minimum absolute atomic E-state index is 0.0471. The van der Waals surface area contributed by atoms with Crippen molar-refractivity contribution in [1.82, 2.24) is 0 Å². The van der Waals surface area contributed by atoms with Crippen molar-refractivity contribution in [2.45, 2.75) is 213 Å². The number of ether oxygens (including phenoxy) is 1. The van der Waals surface area contributed by atoms with Crippen LogP contribution in [0, 0.1) is 5.41 Å². The van der Waals surface area contributed by atoms with E-state index in [1.165, 1.54) is 25.7 Å². The third-order valence-corrected chi connectivity index (χ3v) is 75.8. The summed E-state index contributed by atoms with van der Waals surface area (Å²) in [6.07, 6.45) is 6.04. The van der Waals surface area contributed by atoms with Crippen molar-refractivity contribution < 1.29 is 4.74 Å². The fourth-order valence-electron chi connectivity index (χ4n) is 17.8. The summed E-state index contributed by atoms with van der Waals surface area (Å²) in [6, 6.07) is 0. The first kappa shape index (κ1) is 38.5. The summed E-state index contributed by atoms with van der Waals surface area (Å²) in [5.41, 5.74) is 0.264. The van der Waals surface area contributed by atoms with Gasteiger partial charge < -0.3 is 4.74 Å². The highest BCUT2D eigenvalue weighted by molar-refractivity contribution is 7.48. The molecule has 4 rings (SSSR count). The molecule has 2 heterocycles. The molecule has 2 unspecified atom stereocenters. The van der Waals surface area contributed by atoms with Gasteiger partial charge in [-0.1, -0.05) is 157 Å². The zero-order valence-electron chi connectivity index (χ0n) is 34.7. The molecule has 4 aliphatic rings. The monoisotopic (exact) mass is 740 g/mol. The van der Waals surface area contributed by atoms with Gasteiger partial charge in [-0.3, -0.25) is 0 Å². The smallest absolute Gasteiger partial charge is 0.0788 e. The minimum atomic E-state index is -1.87. The van der Waals surface area contributed by atoms with E-state index >= 15 is 0 Å². The van der Waals surface area contributed by atoms with E-state index in [1.54, 1.807) is 0 Å². The van der Waals surface area contributed by atoms with Crippen molar-refractivity contribution in [3.8, 4) is 0 Å². The average Bonchev–Trinajstić information content (AvgIpc) is 3.26. The van der Waals surface area contributed by atoms with Crippen molar-refractivity contribution in [2.75, 3.05) is 0 Å². The first-order valence-corrected chi connectivity index (χ1v) is 46.6. The van der Waals surface area contributed by atoms with Crippen LogP contribution in [-0.4, -0.2) is 74.8 Å². The molecule has 0 amide bonds. The van der Waals surface area contributed by atoms with Crippen LogP contribution in [0.5, 0.6) is 0 Å². The van der Waals surface area contributed by atoms with Gasteiger partial charge in [0.15, 0.2) is 0 Å². The molecule has 0 aromatic carbocycles. The molecule has 0 bridgehead atoms. The molecule has 2 saturated carbocycles. The molecule has 2 aliphatic heterocycles. The van der Waals surface area contributed by atoms with Gasteiger partial charge in [0, 0.05) is 44.8 Å². The highest BCUT2D eigenvalue weighted by atomic mass is 29.3. The third kappa shape index (κ3) is 3.24. The Morgan fingerprint density at radius 3 is 1.00 bits per heavy atom. The number of rotatable bonds is 6. The maximum absolute atomic E-state index is 8.67. The average molecular weight is 742 g/mol. The van der Waals surface area contributed by atoms with E-state index in [4.69, 9.17) is 4.74 Å². The van der Waals surface area contributed by atoms with E-state index in [0.29, 0.717) is 18.6 Å². The SMILES string of the molecule is CC1(C)OC23C14C([Si](C)(C)C)([Si](C)(C)C)CC[C@]4([Si](C)(C)C)[Si](C)(C)[Si](C)(C)[C@@]2([Si](C)(C)C)CCC3([Si](C)(C)C)[Si](C)(C)C. The quantitative estimate of drug-likeness (QED) is 0.246. The van der Waals surface area contributed by atoms with Crippen molar-refractivity contribution in [3.63, 3.8) is 0 Å². The fraction of sp³-hybridized carbons (Fsp3) is 1.00. The Bertz CT molecular complexity index is 1180. The summed E-state index contributed by atoms with van der Waals surface area (Å²) in [6.45, 7) is 69.4. The standard InChI is InChI=1S/C35H80OSi8/c1-29(2)34-30(37(3,4)5,38(6,7)8)25-26-31(34,39(9,10)11)43(21,22)44(23,24)33(42(18,19)20)28-27-32(40(12,13)14,41(15,16)17)35(33,34)36-29/h25-28H2,1-24H3/t31-,33-,34?,35?/m0/s1. The molecule has 2 saturated heterocycles. The van der Waals surface area contributed by atoms with Crippen molar-refractivity contribution in [1.29, 1.82) is 0 Å². The van der Waals surface area contributed by atoms with Gasteiger partial charge in [-0.25, -0.2) is 0 Å². The van der Waals surface area contributed by atoms with Crippen LogP contribution in [0.2, 0.25) is 163 Å². The summed E-state index contributed by atoms with van der Waals surface area (Å²) in [5.74, 6) is 0. The van der Waals surface area contributed by atoms with Crippen LogP contribution in [-0.2, 0) is 4.74 Å². The topological polar surface area (TPSA) is 9.23 Å². The zero-order chi connectivity index (χ0) is 35.0. The fourth-order valence-corrected chi connectivity index (χ4v) is 94.2. The van der Waals surface area contributed by atoms with Gasteiger partial charge in [-0.15, -0.1) is 0 Å². The molecule has 0 aromatic rings. The lowest BCUT2D eigenvalue weighted by atomic mass is 9.52. The maximum atomic E-state index is 8.67. The van der Waals surface area contributed by atoms with Crippen LogP contribution in [0.25, 0.3) is 0 Å². The zero-order valence-corrected chi connectivity index (χ0v) is 42.7. The normalized spacial score (nSPS) is 39.3. The second kappa shape index (κ2) is 9.13. The van der Waals surface area contributed by atoms with E-state index in [2.05, 4.69) is 158 Å². The number of hydrogen-bond acceptors (Lipinski definition) is 1. The molecule has 1 nitrogen and oxygen atoms in total. The van der Waals surface area contributed by atoms with Crippen LogP contribution in [0.15, 0.2) is 0 Å². The highest BCUT2D eigenvalue weighted by Crippen LogP contribution is 3.03. The van der Waals surface area contributed by atoms with Gasteiger partial charge in [0.1, 0.15) is 0 Å².